The van der Waals surface area contributed by atoms with Crippen LogP contribution in [0.25, 0.3) is 0 Å². The molecule has 1 heterocycles. The topological polar surface area (TPSA) is 61.4 Å². The average molecular weight is 333 g/mol. The summed E-state index contributed by atoms with van der Waals surface area (Å²) < 4.78 is 13.2. The van der Waals surface area contributed by atoms with Crippen LogP contribution >= 0.6 is 0 Å². The van der Waals surface area contributed by atoms with Gasteiger partial charge >= 0.3 is 6.03 Å². The zero-order valence-corrected chi connectivity index (χ0v) is 13.8. The molecule has 1 saturated carbocycles. The molecule has 3 amide bonds. The van der Waals surface area contributed by atoms with E-state index in [1.807, 2.05) is 0 Å². The Morgan fingerprint density at radius 1 is 1.21 bits per heavy atom. The molecule has 1 atom stereocenters. The molecule has 2 aliphatic rings. The summed E-state index contributed by atoms with van der Waals surface area (Å²) >= 11 is 0. The summed E-state index contributed by atoms with van der Waals surface area (Å²) in [6.45, 7) is 1.42. The van der Waals surface area contributed by atoms with E-state index in [4.69, 9.17) is 0 Å². The van der Waals surface area contributed by atoms with Crippen molar-refractivity contribution < 1.29 is 14.0 Å². The zero-order valence-electron chi connectivity index (χ0n) is 13.8. The fourth-order valence-electron chi connectivity index (χ4n) is 3.63. The highest BCUT2D eigenvalue weighted by Gasteiger charge is 2.29. The highest BCUT2D eigenvalue weighted by molar-refractivity contribution is 5.79. The second-order valence-corrected chi connectivity index (χ2v) is 6.61. The van der Waals surface area contributed by atoms with E-state index in [1.165, 1.54) is 25.0 Å². The van der Waals surface area contributed by atoms with Crippen LogP contribution in [0.4, 0.5) is 9.18 Å². The molecule has 1 aliphatic carbocycles. The SMILES string of the molecule is O=C1CCN(C(=O)N[C@H](c2ccc(F)cc2)C2CCCC2)CCN1. The van der Waals surface area contributed by atoms with E-state index in [2.05, 4.69) is 10.6 Å². The van der Waals surface area contributed by atoms with Crippen molar-refractivity contribution in [1.82, 2.24) is 15.5 Å². The van der Waals surface area contributed by atoms with E-state index in [1.54, 1.807) is 17.0 Å². The van der Waals surface area contributed by atoms with Crippen LogP contribution in [0.5, 0.6) is 0 Å². The molecule has 3 rings (SSSR count). The minimum atomic E-state index is -0.271. The molecule has 1 aromatic carbocycles. The Kier molecular flexibility index (Phi) is 5.33. The van der Waals surface area contributed by atoms with Crippen molar-refractivity contribution >= 4 is 11.9 Å². The number of carbonyl (C=O) groups is 2. The van der Waals surface area contributed by atoms with E-state index in [-0.39, 0.29) is 23.8 Å². The van der Waals surface area contributed by atoms with Crippen LogP contribution in [0, 0.1) is 11.7 Å². The maximum absolute atomic E-state index is 13.2. The van der Waals surface area contributed by atoms with Gasteiger partial charge in [0.2, 0.25) is 5.91 Å². The molecule has 0 unspecified atom stereocenters. The standard InChI is InChI=1S/C18H24FN3O2/c19-15-7-5-14(6-8-15)17(13-3-1-2-4-13)21-18(24)22-11-9-16(23)20-10-12-22/h5-8,13,17H,1-4,9-12H2,(H,20,23)(H,21,24)/t17-/m0/s1. The Balaban J connectivity index is 1.72. The van der Waals surface area contributed by atoms with Crippen molar-refractivity contribution in [3.63, 3.8) is 0 Å². The third kappa shape index (κ3) is 4.04. The number of hydrogen-bond donors (Lipinski definition) is 2. The van der Waals surface area contributed by atoms with Crippen molar-refractivity contribution in [2.45, 2.75) is 38.1 Å². The van der Waals surface area contributed by atoms with Gasteiger partial charge in [-0.2, -0.15) is 0 Å². The Hall–Kier alpha value is -2.11. The van der Waals surface area contributed by atoms with Crippen LogP contribution < -0.4 is 10.6 Å². The van der Waals surface area contributed by atoms with Gasteiger partial charge in [-0.3, -0.25) is 4.79 Å². The number of carbonyl (C=O) groups excluding carboxylic acids is 2. The minimum Gasteiger partial charge on any atom is -0.354 e. The average Bonchev–Trinajstić information content (AvgIpc) is 3.02. The Labute approximate surface area is 141 Å². The Bertz CT molecular complexity index is 584. The predicted octanol–water partition coefficient (Wildman–Crippen LogP) is 2.59. The van der Waals surface area contributed by atoms with Gasteiger partial charge in [-0.05, 0) is 36.5 Å². The lowest BCUT2D eigenvalue weighted by Crippen LogP contribution is -2.44. The van der Waals surface area contributed by atoms with Crippen LogP contribution in [0.2, 0.25) is 0 Å². The first-order valence-electron chi connectivity index (χ1n) is 8.71. The summed E-state index contributed by atoms with van der Waals surface area (Å²) in [6, 6.07) is 6.15. The first-order valence-corrected chi connectivity index (χ1v) is 8.71. The van der Waals surface area contributed by atoms with Gasteiger partial charge in [-0.15, -0.1) is 0 Å². The molecule has 1 aliphatic heterocycles. The molecule has 6 heteroatoms. The van der Waals surface area contributed by atoms with Gasteiger partial charge < -0.3 is 15.5 Å². The third-order valence-electron chi connectivity index (χ3n) is 4.98. The van der Waals surface area contributed by atoms with Gasteiger partial charge in [0.1, 0.15) is 5.82 Å². The summed E-state index contributed by atoms with van der Waals surface area (Å²) in [4.78, 5) is 25.8. The third-order valence-corrected chi connectivity index (χ3v) is 4.98. The van der Waals surface area contributed by atoms with E-state index in [0.29, 0.717) is 32.0 Å². The quantitative estimate of drug-likeness (QED) is 0.893. The Morgan fingerprint density at radius 2 is 1.92 bits per heavy atom. The fraction of sp³-hybridized carbons (Fsp3) is 0.556. The molecule has 2 fully saturated rings. The van der Waals surface area contributed by atoms with E-state index in [9.17, 15) is 14.0 Å². The molecule has 0 spiro atoms. The number of urea groups is 1. The van der Waals surface area contributed by atoms with Gasteiger partial charge in [0.25, 0.3) is 0 Å². The van der Waals surface area contributed by atoms with Crippen LogP contribution in [-0.2, 0) is 4.79 Å². The smallest absolute Gasteiger partial charge is 0.317 e. The molecule has 0 bridgehead atoms. The number of halogens is 1. The molecule has 1 saturated heterocycles. The molecule has 0 aromatic heterocycles. The van der Waals surface area contributed by atoms with Crippen LogP contribution in [0.15, 0.2) is 24.3 Å². The largest absolute Gasteiger partial charge is 0.354 e. The molecule has 2 N–H and O–H groups in total. The maximum atomic E-state index is 13.2. The second-order valence-electron chi connectivity index (χ2n) is 6.61. The van der Waals surface area contributed by atoms with Crippen LogP contribution in [0.1, 0.15) is 43.7 Å². The van der Waals surface area contributed by atoms with Gasteiger partial charge in [-0.25, -0.2) is 9.18 Å². The van der Waals surface area contributed by atoms with E-state index >= 15 is 0 Å². The van der Waals surface area contributed by atoms with Crippen molar-refractivity contribution in [1.29, 1.82) is 0 Å². The lowest BCUT2D eigenvalue weighted by Gasteiger charge is -2.29. The fourth-order valence-corrected chi connectivity index (χ4v) is 3.63. The molecular weight excluding hydrogens is 309 g/mol. The summed E-state index contributed by atoms with van der Waals surface area (Å²) in [7, 11) is 0. The first-order chi connectivity index (χ1) is 11.6. The summed E-state index contributed by atoms with van der Waals surface area (Å²) in [5.74, 6) is 0.0923. The number of nitrogens with zero attached hydrogens (tertiary/aromatic N) is 1. The summed E-state index contributed by atoms with van der Waals surface area (Å²) in [5.41, 5.74) is 0.945. The van der Waals surface area contributed by atoms with Gasteiger partial charge in [-0.1, -0.05) is 25.0 Å². The highest BCUT2D eigenvalue weighted by atomic mass is 19.1. The minimum absolute atomic E-state index is 0.0174. The lowest BCUT2D eigenvalue weighted by molar-refractivity contribution is -0.120. The lowest BCUT2D eigenvalue weighted by atomic mass is 9.91. The maximum Gasteiger partial charge on any atom is 0.317 e. The number of benzene rings is 1. The summed E-state index contributed by atoms with van der Waals surface area (Å²) in [5, 5.41) is 5.91. The predicted molar refractivity (Wildman–Crippen MR) is 88.8 cm³/mol. The van der Waals surface area contributed by atoms with E-state index < -0.39 is 0 Å². The molecule has 1 aromatic rings. The molecule has 5 nitrogen and oxygen atoms in total. The zero-order chi connectivity index (χ0) is 16.9. The van der Waals surface area contributed by atoms with Crippen LogP contribution in [-0.4, -0.2) is 36.5 Å². The first kappa shape index (κ1) is 16.7. The summed E-state index contributed by atoms with van der Waals surface area (Å²) in [6.07, 6.45) is 4.81. The number of nitrogens with one attached hydrogen (secondary N) is 2. The van der Waals surface area contributed by atoms with Crippen LogP contribution in [0.3, 0.4) is 0 Å². The molecular formula is C18H24FN3O2. The molecule has 24 heavy (non-hydrogen) atoms. The number of rotatable bonds is 3. The monoisotopic (exact) mass is 333 g/mol. The number of hydrogen-bond acceptors (Lipinski definition) is 2. The highest BCUT2D eigenvalue weighted by Crippen LogP contribution is 2.35. The number of amides is 3. The van der Waals surface area contributed by atoms with Crippen molar-refractivity contribution in [3.8, 4) is 0 Å². The molecule has 0 radical (unpaired) electrons. The normalized spacial score (nSPS) is 20.4. The van der Waals surface area contributed by atoms with Crippen molar-refractivity contribution in [3.05, 3.63) is 35.6 Å². The molecule has 130 valence electrons. The van der Waals surface area contributed by atoms with Crippen molar-refractivity contribution in [2.24, 2.45) is 5.92 Å². The second kappa shape index (κ2) is 7.64. The van der Waals surface area contributed by atoms with Gasteiger partial charge in [0, 0.05) is 26.1 Å². The van der Waals surface area contributed by atoms with E-state index in [0.717, 1.165) is 18.4 Å². The van der Waals surface area contributed by atoms with Crippen molar-refractivity contribution in [2.75, 3.05) is 19.6 Å². The van der Waals surface area contributed by atoms with Gasteiger partial charge in [0.05, 0.1) is 6.04 Å². The Morgan fingerprint density at radius 3 is 2.62 bits per heavy atom. The van der Waals surface area contributed by atoms with Gasteiger partial charge in [0.15, 0.2) is 0 Å².